The number of halogens is 1. The predicted octanol–water partition coefficient (Wildman–Crippen LogP) is 1.11. The molecule has 0 radical (unpaired) electrons. The summed E-state index contributed by atoms with van der Waals surface area (Å²) in [6.07, 6.45) is 0. The molecule has 0 fully saturated rings. The molecular formula is C9H10ClN5OS. The molecule has 0 spiro atoms. The second-order valence-electron chi connectivity index (χ2n) is 3.10. The highest BCUT2D eigenvalue weighted by atomic mass is 35.5. The average Bonchev–Trinajstić information content (AvgIpc) is 2.85. The summed E-state index contributed by atoms with van der Waals surface area (Å²) in [5.74, 6) is 0.506. The number of aromatic nitrogens is 4. The summed E-state index contributed by atoms with van der Waals surface area (Å²) in [6.45, 7) is 0.596. The molecule has 0 bridgehead atoms. The maximum Gasteiger partial charge on any atom is 0.204 e. The molecule has 0 unspecified atom stereocenters. The fraction of sp³-hybridized carbons (Fsp3) is 0.222. The van der Waals surface area contributed by atoms with Crippen LogP contribution < -0.4 is 4.72 Å². The Morgan fingerprint density at radius 2 is 2.35 bits per heavy atom. The van der Waals surface area contributed by atoms with Crippen LogP contribution in [-0.4, -0.2) is 38.9 Å². The molecule has 0 saturated heterocycles. The van der Waals surface area contributed by atoms with E-state index in [-0.39, 0.29) is 6.61 Å². The third-order valence-corrected chi connectivity index (χ3v) is 3.28. The molecule has 1 heterocycles. The van der Waals surface area contributed by atoms with Gasteiger partial charge in [0.2, 0.25) is 5.82 Å². The van der Waals surface area contributed by atoms with Crippen molar-refractivity contribution in [3.63, 3.8) is 0 Å². The van der Waals surface area contributed by atoms with Crippen molar-refractivity contribution in [1.82, 2.24) is 25.3 Å². The molecule has 0 atom stereocenters. The van der Waals surface area contributed by atoms with E-state index < -0.39 is 0 Å². The van der Waals surface area contributed by atoms with Gasteiger partial charge in [-0.15, -0.1) is 10.2 Å². The highest BCUT2D eigenvalue weighted by Crippen LogP contribution is 2.28. The molecule has 6 nitrogen and oxygen atoms in total. The first-order chi connectivity index (χ1) is 8.31. The summed E-state index contributed by atoms with van der Waals surface area (Å²) < 4.78 is 2.98. The van der Waals surface area contributed by atoms with Crippen LogP contribution in [0, 0.1) is 0 Å². The van der Waals surface area contributed by atoms with Crippen LogP contribution in [0.1, 0.15) is 0 Å². The van der Waals surface area contributed by atoms with Gasteiger partial charge in [-0.3, -0.25) is 4.72 Å². The van der Waals surface area contributed by atoms with Crippen molar-refractivity contribution in [1.29, 1.82) is 0 Å². The van der Waals surface area contributed by atoms with E-state index in [2.05, 4.69) is 25.3 Å². The van der Waals surface area contributed by atoms with Crippen molar-refractivity contribution in [2.24, 2.45) is 0 Å². The number of aliphatic hydroxyl groups excluding tert-OH is 1. The Labute approximate surface area is 107 Å². The Hall–Kier alpha value is -1.15. The van der Waals surface area contributed by atoms with Gasteiger partial charge in [-0.2, -0.15) is 5.21 Å². The number of hydrogen-bond acceptors (Lipinski definition) is 6. The van der Waals surface area contributed by atoms with Gasteiger partial charge in [0, 0.05) is 17.0 Å². The third-order valence-electron chi connectivity index (χ3n) is 1.93. The summed E-state index contributed by atoms with van der Waals surface area (Å²) in [4.78, 5) is 0.882. The van der Waals surface area contributed by atoms with Crippen LogP contribution in [0.15, 0.2) is 23.1 Å². The molecule has 90 valence electrons. The van der Waals surface area contributed by atoms with Crippen molar-refractivity contribution >= 4 is 23.5 Å². The minimum absolute atomic E-state index is 0.0889. The van der Waals surface area contributed by atoms with Gasteiger partial charge in [-0.05, 0) is 35.4 Å². The fourth-order valence-corrected chi connectivity index (χ4v) is 2.12. The highest BCUT2D eigenvalue weighted by molar-refractivity contribution is 7.97. The van der Waals surface area contributed by atoms with Gasteiger partial charge in [-0.25, -0.2) is 0 Å². The molecule has 2 aromatic rings. The van der Waals surface area contributed by atoms with E-state index in [4.69, 9.17) is 16.7 Å². The summed E-state index contributed by atoms with van der Waals surface area (Å²) in [5.41, 5.74) is 0.801. The zero-order chi connectivity index (χ0) is 12.1. The number of tetrazole rings is 1. The fourth-order valence-electron chi connectivity index (χ4n) is 1.18. The molecule has 0 aliphatic carbocycles. The minimum atomic E-state index is 0.0889. The summed E-state index contributed by atoms with van der Waals surface area (Å²) in [5, 5.41) is 22.9. The molecule has 1 aromatic carbocycles. The van der Waals surface area contributed by atoms with Crippen LogP contribution in [0.5, 0.6) is 0 Å². The quantitative estimate of drug-likeness (QED) is 0.558. The Bertz CT molecular complexity index is 478. The van der Waals surface area contributed by atoms with E-state index in [1.165, 1.54) is 11.9 Å². The maximum atomic E-state index is 8.65. The van der Waals surface area contributed by atoms with Crippen LogP contribution in [0.2, 0.25) is 5.02 Å². The highest BCUT2D eigenvalue weighted by Gasteiger charge is 2.07. The molecule has 1 aromatic heterocycles. The zero-order valence-corrected chi connectivity index (χ0v) is 10.3. The van der Waals surface area contributed by atoms with E-state index in [9.17, 15) is 0 Å². The number of aliphatic hydroxyl groups is 1. The van der Waals surface area contributed by atoms with E-state index >= 15 is 0 Å². The van der Waals surface area contributed by atoms with E-state index in [1.54, 1.807) is 6.07 Å². The summed E-state index contributed by atoms with van der Waals surface area (Å²) in [6, 6.07) is 5.50. The number of nitrogens with one attached hydrogen (secondary N) is 2. The lowest BCUT2D eigenvalue weighted by Crippen LogP contribution is -2.08. The number of nitrogens with zero attached hydrogens (tertiary/aromatic N) is 3. The lowest BCUT2D eigenvalue weighted by atomic mass is 10.2. The van der Waals surface area contributed by atoms with Gasteiger partial charge < -0.3 is 5.11 Å². The first kappa shape index (κ1) is 12.3. The van der Waals surface area contributed by atoms with Crippen LogP contribution in [0.4, 0.5) is 0 Å². The molecule has 0 aliphatic heterocycles. The van der Waals surface area contributed by atoms with Crippen molar-refractivity contribution < 1.29 is 5.11 Å². The molecule has 0 amide bonds. The van der Waals surface area contributed by atoms with Crippen molar-refractivity contribution in [2.45, 2.75) is 4.90 Å². The lowest BCUT2D eigenvalue weighted by Gasteiger charge is -2.05. The molecule has 0 saturated carbocycles. The lowest BCUT2D eigenvalue weighted by molar-refractivity contribution is 0.302. The molecular weight excluding hydrogens is 262 g/mol. The van der Waals surface area contributed by atoms with Gasteiger partial charge in [0.1, 0.15) is 0 Å². The normalized spacial score (nSPS) is 10.7. The smallest absolute Gasteiger partial charge is 0.204 e. The molecule has 2 rings (SSSR count). The standard InChI is InChI=1S/C9H10ClN5OS/c10-7-5-6(9-12-14-15-13-9)1-2-8(7)17-11-3-4-16/h1-2,5,11,16H,3-4H2,(H,12,13,14,15). The number of benzene rings is 1. The molecule has 8 heteroatoms. The molecule has 0 aliphatic rings. The van der Waals surface area contributed by atoms with Crippen LogP contribution >= 0.6 is 23.5 Å². The van der Waals surface area contributed by atoms with Gasteiger partial charge in [-0.1, -0.05) is 11.6 Å². The predicted molar refractivity (Wildman–Crippen MR) is 65.6 cm³/mol. The molecule has 3 N–H and O–H groups in total. The van der Waals surface area contributed by atoms with E-state index in [1.807, 2.05) is 12.1 Å². The van der Waals surface area contributed by atoms with E-state index in [0.29, 0.717) is 17.4 Å². The monoisotopic (exact) mass is 271 g/mol. The minimum Gasteiger partial charge on any atom is -0.395 e. The van der Waals surface area contributed by atoms with E-state index in [0.717, 1.165) is 10.5 Å². The van der Waals surface area contributed by atoms with Crippen LogP contribution in [0.3, 0.4) is 0 Å². The van der Waals surface area contributed by atoms with Gasteiger partial charge >= 0.3 is 0 Å². The maximum absolute atomic E-state index is 8.65. The van der Waals surface area contributed by atoms with Gasteiger partial charge in [0.15, 0.2) is 0 Å². The van der Waals surface area contributed by atoms with Crippen molar-refractivity contribution in [3.8, 4) is 11.4 Å². The number of hydrogen-bond donors (Lipinski definition) is 3. The third kappa shape index (κ3) is 3.16. The average molecular weight is 272 g/mol. The SMILES string of the molecule is OCCNSc1ccc(-c2nn[nH]n2)cc1Cl. The summed E-state index contributed by atoms with van der Waals surface area (Å²) in [7, 11) is 0. The largest absolute Gasteiger partial charge is 0.395 e. The number of H-pyrrole nitrogens is 1. The van der Waals surface area contributed by atoms with Gasteiger partial charge in [0.05, 0.1) is 11.6 Å². The topological polar surface area (TPSA) is 86.7 Å². The van der Waals surface area contributed by atoms with Crippen LogP contribution in [-0.2, 0) is 0 Å². The second-order valence-corrected chi connectivity index (χ2v) is 4.44. The Balaban J connectivity index is 2.12. The Kier molecular flexibility index (Phi) is 4.32. The van der Waals surface area contributed by atoms with Gasteiger partial charge in [0.25, 0.3) is 0 Å². The number of rotatable bonds is 5. The number of aromatic amines is 1. The zero-order valence-electron chi connectivity index (χ0n) is 8.72. The van der Waals surface area contributed by atoms with Crippen molar-refractivity contribution in [3.05, 3.63) is 23.2 Å². The second kappa shape index (κ2) is 5.97. The Morgan fingerprint density at radius 3 is 3.00 bits per heavy atom. The Morgan fingerprint density at radius 1 is 1.47 bits per heavy atom. The van der Waals surface area contributed by atoms with Crippen LogP contribution in [0.25, 0.3) is 11.4 Å². The first-order valence-electron chi connectivity index (χ1n) is 4.85. The van der Waals surface area contributed by atoms with Crippen molar-refractivity contribution in [2.75, 3.05) is 13.2 Å². The summed E-state index contributed by atoms with van der Waals surface area (Å²) >= 11 is 7.49. The first-order valence-corrected chi connectivity index (χ1v) is 6.04. The molecule has 17 heavy (non-hydrogen) atoms.